The molecule has 0 bridgehead atoms. The second kappa shape index (κ2) is 5.52. The summed E-state index contributed by atoms with van der Waals surface area (Å²) >= 11 is 0. The molecule has 1 aromatic rings. The van der Waals surface area contributed by atoms with Crippen LogP contribution in [-0.4, -0.2) is 37.3 Å². The maximum atomic E-state index is 9.70. The number of aryl methyl sites for hydroxylation is 1. The fourth-order valence-electron chi connectivity index (χ4n) is 2.23. The Balaban J connectivity index is 1.86. The van der Waals surface area contributed by atoms with Crippen LogP contribution in [0.1, 0.15) is 30.1 Å². The quantitative estimate of drug-likeness (QED) is 0.792. The molecule has 0 radical (unpaired) electrons. The second-order valence-corrected chi connectivity index (χ2v) is 4.92. The molecule has 0 saturated carbocycles. The minimum atomic E-state index is -0.271. The number of hydrogen-bond donors (Lipinski definition) is 1. The normalized spacial score (nSPS) is 18.5. The van der Waals surface area contributed by atoms with E-state index in [1.165, 1.54) is 5.56 Å². The van der Waals surface area contributed by atoms with Gasteiger partial charge in [0.2, 0.25) is 0 Å². The number of aliphatic hydroxyl groups excluding tert-OH is 1. The summed E-state index contributed by atoms with van der Waals surface area (Å²) < 4.78 is 5.71. The lowest BCUT2D eigenvalue weighted by molar-refractivity contribution is 0.180. The summed E-state index contributed by atoms with van der Waals surface area (Å²) in [7, 11) is 4.13. The van der Waals surface area contributed by atoms with Crippen LogP contribution in [0.4, 0.5) is 0 Å². The Kier molecular flexibility index (Phi) is 4.02. The van der Waals surface area contributed by atoms with Gasteiger partial charge < -0.3 is 14.7 Å². The summed E-state index contributed by atoms with van der Waals surface area (Å²) in [5.74, 6) is 0.927. The Bertz CT molecular complexity index is 376. The van der Waals surface area contributed by atoms with Crippen LogP contribution in [0.3, 0.4) is 0 Å². The lowest BCUT2D eigenvalue weighted by Gasteiger charge is -2.11. The summed E-state index contributed by atoms with van der Waals surface area (Å²) in [5.41, 5.74) is 2.31. The van der Waals surface area contributed by atoms with E-state index in [0.29, 0.717) is 0 Å². The second-order valence-electron chi connectivity index (χ2n) is 4.92. The number of rotatable bonds is 5. The van der Waals surface area contributed by atoms with Gasteiger partial charge >= 0.3 is 0 Å². The number of ether oxygens (including phenoxy) is 1. The van der Waals surface area contributed by atoms with Crippen LogP contribution >= 0.6 is 0 Å². The van der Waals surface area contributed by atoms with Crippen molar-refractivity contribution in [1.82, 2.24) is 4.90 Å². The molecular formula is C14H21NO2. The summed E-state index contributed by atoms with van der Waals surface area (Å²) in [6.07, 6.45) is 2.57. The SMILES string of the molecule is CN(C)CCCOc1ccc2c(c1)CC[C@H]2O. The maximum absolute atomic E-state index is 9.70. The van der Waals surface area contributed by atoms with Gasteiger partial charge in [0.05, 0.1) is 12.7 Å². The van der Waals surface area contributed by atoms with Crippen molar-refractivity contribution in [2.24, 2.45) is 0 Å². The van der Waals surface area contributed by atoms with E-state index in [1.807, 2.05) is 12.1 Å². The smallest absolute Gasteiger partial charge is 0.119 e. The van der Waals surface area contributed by atoms with Gasteiger partial charge in [-0.15, -0.1) is 0 Å². The van der Waals surface area contributed by atoms with E-state index in [0.717, 1.165) is 43.7 Å². The summed E-state index contributed by atoms with van der Waals surface area (Å²) in [4.78, 5) is 2.16. The molecule has 0 fully saturated rings. The molecule has 1 aliphatic rings. The third kappa shape index (κ3) is 3.20. The first-order valence-electron chi connectivity index (χ1n) is 6.25. The Labute approximate surface area is 103 Å². The molecule has 0 amide bonds. The molecule has 2 rings (SSSR count). The van der Waals surface area contributed by atoms with E-state index in [1.54, 1.807) is 0 Å². The van der Waals surface area contributed by atoms with Crippen molar-refractivity contribution >= 4 is 0 Å². The van der Waals surface area contributed by atoms with E-state index in [2.05, 4.69) is 25.1 Å². The van der Waals surface area contributed by atoms with Crippen LogP contribution in [0.15, 0.2) is 18.2 Å². The van der Waals surface area contributed by atoms with Gasteiger partial charge in [-0.05, 0) is 56.6 Å². The molecule has 3 heteroatoms. The van der Waals surface area contributed by atoms with Crippen molar-refractivity contribution in [2.75, 3.05) is 27.2 Å². The minimum Gasteiger partial charge on any atom is -0.494 e. The molecule has 0 saturated heterocycles. The Morgan fingerprint density at radius 2 is 2.24 bits per heavy atom. The van der Waals surface area contributed by atoms with Crippen molar-refractivity contribution in [3.8, 4) is 5.75 Å². The third-order valence-electron chi connectivity index (χ3n) is 3.18. The maximum Gasteiger partial charge on any atom is 0.119 e. The topological polar surface area (TPSA) is 32.7 Å². The predicted octanol–water partition coefficient (Wildman–Crippen LogP) is 2.00. The van der Waals surface area contributed by atoms with Crippen LogP contribution < -0.4 is 4.74 Å². The van der Waals surface area contributed by atoms with Crippen molar-refractivity contribution in [3.05, 3.63) is 29.3 Å². The summed E-state index contributed by atoms with van der Waals surface area (Å²) in [5, 5.41) is 9.70. The Morgan fingerprint density at radius 3 is 3.00 bits per heavy atom. The number of hydrogen-bond acceptors (Lipinski definition) is 3. The predicted molar refractivity (Wildman–Crippen MR) is 68.4 cm³/mol. The van der Waals surface area contributed by atoms with Gasteiger partial charge in [-0.1, -0.05) is 6.07 Å². The van der Waals surface area contributed by atoms with Gasteiger partial charge in [0.15, 0.2) is 0 Å². The number of aliphatic hydroxyl groups is 1. The average Bonchev–Trinajstić information content (AvgIpc) is 2.66. The van der Waals surface area contributed by atoms with Crippen LogP contribution in [0.25, 0.3) is 0 Å². The Hall–Kier alpha value is -1.06. The molecule has 1 aromatic carbocycles. The van der Waals surface area contributed by atoms with Crippen LogP contribution in [0.5, 0.6) is 5.75 Å². The van der Waals surface area contributed by atoms with Crippen LogP contribution in [0.2, 0.25) is 0 Å². The number of benzene rings is 1. The van der Waals surface area contributed by atoms with Gasteiger partial charge in [-0.25, -0.2) is 0 Å². The molecule has 0 spiro atoms. The molecule has 94 valence electrons. The first-order chi connectivity index (χ1) is 8.16. The van der Waals surface area contributed by atoms with E-state index < -0.39 is 0 Å². The largest absolute Gasteiger partial charge is 0.494 e. The zero-order chi connectivity index (χ0) is 12.3. The van der Waals surface area contributed by atoms with Gasteiger partial charge in [0, 0.05) is 6.54 Å². The van der Waals surface area contributed by atoms with E-state index in [9.17, 15) is 5.11 Å². The lowest BCUT2D eigenvalue weighted by Crippen LogP contribution is -2.15. The highest BCUT2D eigenvalue weighted by Crippen LogP contribution is 2.33. The molecule has 0 heterocycles. The van der Waals surface area contributed by atoms with E-state index >= 15 is 0 Å². The minimum absolute atomic E-state index is 0.271. The van der Waals surface area contributed by atoms with Crippen molar-refractivity contribution < 1.29 is 9.84 Å². The molecular weight excluding hydrogens is 214 g/mol. The van der Waals surface area contributed by atoms with Gasteiger partial charge in [-0.2, -0.15) is 0 Å². The average molecular weight is 235 g/mol. The van der Waals surface area contributed by atoms with Gasteiger partial charge in [-0.3, -0.25) is 0 Å². The molecule has 1 aliphatic carbocycles. The highest BCUT2D eigenvalue weighted by Gasteiger charge is 2.20. The summed E-state index contributed by atoms with van der Waals surface area (Å²) in [6, 6.07) is 6.03. The zero-order valence-electron chi connectivity index (χ0n) is 10.6. The highest BCUT2D eigenvalue weighted by atomic mass is 16.5. The fraction of sp³-hybridized carbons (Fsp3) is 0.571. The standard InChI is InChI=1S/C14H21NO2/c1-15(2)8-3-9-17-12-5-6-13-11(10-12)4-7-14(13)16/h5-6,10,14,16H,3-4,7-9H2,1-2H3/t14-/m1/s1. The van der Waals surface area contributed by atoms with E-state index in [4.69, 9.17) is 4.74 Å². The van der Waals surface area contributed by atoms with Gasteiger partial charge in [0.25, 0.3) is 0 Å². The zero-order valence-corrected chi connectivity index (χ0v) is 10.6. The monoisotopic (exact) mass is 235 g/mol. The lowest BCUT2D eigenvalue weighted by atomic mass is 10.1. The third-order valence-corrected chi connectivity index (χ3v) is 3.18. The molecule has 17 heavy (non-hydrogen) atoms. The van der Waals surface area contributed by atoms with Gasteiger partial charge in [0.1, 0.15) is 5.75 Å². The first kappa shape index (κ1) is 12.4. The van der Waals surface area contributed by atoms with Crippen molar-refractivity contribution in [2.45, 2.75) is 25.4 Å². The van der Waals surface area contributed by atoms with E-state index in [-0.39, 0.29) is 6.10 Å². The summed E-state index contributed by atoms with van der Waals surface area (Å²) in [6.45, 7) is 1.79. The molecule has 1 N–H and O–H groups in total. The van der Waals surface area contributed by atoms with Crippen molar-refractivity contribution in [3.63, 3.8) is 0 Å². The molecule has 0 aliphatic heterocycles. The van der Waals surface area contributed by atoms with Crippen molar-refractivity contribution in [1.29, 1.82) is 0 Å². The molecule has 1 atom stereocenters. The fourth-order valence-corrected chi connectivity index (χ4v) is 2.23. The Morgan fingerprint density at radius 1 is 1.41 bits per heavy atom. The highest BCUT2D eigenvalue weighted by molar-refractivity contribution is 5.39. The first-order valence-corrected chi connectivity index (χ1v) is 6.25. The number of nitrogens with zero attached hydrogens (tertiary/aromatic N) is 1. The molecule has 0 unspecified atom stereocenters. The van der Waals surface area contributed by atoms with Crippen LogP contribution in [-0.2, 0) is 6.42 Å². The van der Waals surface area contributed by atoms with Crippen LogP contribution in [0, 0.1) is 0 Å². The number of fused-ring (bicyclic) bond motifs is 1. The molecule has 0 aromatic heterocycles. The molecule has 3 nitrogen and oxygen atoms in total.